The van der Waals surface area contributed by atoms with Gasteiger partial charge in [-0.2, -0.15) is 0 Å². The lowest BCUT2D eigenvalue weighted by atomic mass is 10.1. The SMILES string of the molecule is NCCC[C@@H](N)C(=O)N1C[C@H](NC(=O)CCCc2ccccc2)C[C@H]1C(=O)Nc1ccc2c(c1)CCC2. The van der Waals surface area contributed by atoms with E-state index in [2.05, 4.69) is 28.8 Å². The summed E-state index contributed by atoms with van der Waals surface area (Å²) < 4.78 is 0. The molecule has 0 unspecified atom stereocenters. The minimum Gasteiger partial charge on any atom is -0.351 e. The number of hydrogen-bond donors (Lipinski definition) is 4. The first-order valence-corrected chi connectivity index (χ1v) is 13.5. The van der Waals surface area contributed by atoms with E-state index in [1.165, 1.54) is 16.7 Å². The van der Waals surface area contributed by atoms with Gasteiger partial charge in [0.05, 0.1) is 6.04 Å². The van der Waals surface area contributed by atoms with Crippen LogP contribution in [0.15, 0.2) is 48.5 Å². The van der Waals surface area contributed by atoms with Gasteiger partial charge in [0.1, 0.15) is 6.04 Å². The van der Waals surface area contributed by atoms with Crippen molar-refractivity contribution in [1.29, 1.82) is 0 Å². The van der Waals surface area contributed by atoms with Gasteiger partial charge in [0.15, 0.2) is 0 Å². The molecule has 37 heavy (non-hydrogen) atoms. The van der Waals surface area contributed by atoms with Crippen LogP contribution >= 0.6 is 0 Å². The number of likely N-dealkylation sites (tertiary alicyclic amines) is 1. The number of carbonyl (C=O) groups excluding carboxylic acids is 3. The average molecular weight is 506 g/mol. The predicted molar refractivity (Wildman–Crippen MR) is 145 cm³/mol. The molecule has 3 atom stereocenters. The Morgan fingerprint density at radius 3 is 2.59 bits per heavy atom. The molecular formula is C29H39N5O3. The highest BCUT2D eigenvalue weighted by atomic mass is 16.2. The van der Waals surface area contributed by atoms with Crippen LogP contribution in [0.4, 0.5) is 5.69 Å². The molecule has 1 heterocycles. The molecular weight excluding hydrogens is 466 g/mol. The van der Waals surface area contributed by atoms with Crippen LogP contribution in [0.2, 0.25) is 0 Å². The quantitative estimate of drug-likeness (QED) is 0.372. The maximum atomic E-state index is 13.3. The van der Waals surface area contributed by atoms with Gasteiger partial charge < -0.3 is 27.0 Å². The number of benzene rings is 2. The maximum absolute atomic E-state index is 13.3. The third-order valence-electron chi connectivity index (χ3n) is 7.37. The highest BCUT2D eigenvalue weighted by Gasteiger charge is 2.41. The molecule has 1 aliphatic carbocycles. The minimum absolute atomic E-state index is 0.0690. The van der Waals surface area contributed by atoms with Crippen LogP contribution in [0.25, 0.3) is 0 Å². The number of anilines is 1. The van der Waals surface area contributed by atoms with Gasteiger partial charge in [0.25, 0.3) is 0 Å². The van der Waals surface area contributed by atoms with Gasteiger partial charge in [-0.05, 0) is 86.7 Å². The number of amides is 3. The lowest BCUT2D eigenvalue weighted by Gasteiger charge is -2.26. The number of carbonyl (C=O) groups is 3. The lowest BCUT2D eigenvalue weighted by Crippen LogP contribution is -2.50. The van der Waals surface area contributed by atoms with E-state index in [0.29, 0.717) is 32.2 Å². The van der Waals surface area contributed by atoms with E-state index < -0.39 is 12.1 Å². The van der Waals surface area contributed by atoms with E-state index in [4.69, 9.17) is 11.5 Å². The summed E-state index contributed by atoms with van der Waals surface area (Å²) in [6, 6.07) is 14.4. The van der Waals surface area contributed by atoms with Crippen LogP contribution in [0.1, 0.15) is 55.2 Å². The van der Waals surface area contributed by atoms with Gasteiger partial charge >= 0.3 is 0 Å². The normalized spacial score (nSPS) is 19.4. The van der Waals surface area contributed by atoms with E-state index in [-0.39, 0.29) is 30.3 Å². The molecule has 6 N–H and O–H groups in total. The van der Waals surface area contributed by atoms with E-state index in [0.717, 1.165) is 37.8 Å². The van der Waals surface area contributed by atoms with Crippen LogP contribution in [0.3, 0.4) is 0 Å². The fraction of sp³-hybridized carbons (Fsp3) is 0.483. The molecule has 2 aliphatic rings. The van der Waals surface area contributed by atoms with E-state index >= 15 is 0 Å². The molecule has 1 saturated heterocycles. The molecule has 1 fully saturated rings. The summed E-state index contributed by atoms with van der Waals surface area (Å²) in [6.07, 6.45) is 6.62. The van der Waals surface area contributed by atoms with Crippen molar-refractivity contribution in [3.05, 3.63) is 65.2 Å². The Morgan fingerprint density at radius 1 is 1.03 bits per heavy atom. The van der Waals surface area contributed by atoms with Crippen molar-refractivity contribution in [2.45, 2.75) is 75.9 Å². The van der Waals surface area contributed by atoms with E-state index in [1.54, 1.807) is 4.90 Å². The Balaban J connectivity index is 1.38. The monoisotopic (exact) mass is 505 g/mol. The van der Waals surface area contributed by atoms with Crippen molar-refractivity contribution in [1.82, 2.24) is 10.2 Å². The van der Waals surface area contributed by atoms with Crippen molar-refractivity contribution in [3.8, 4) is 0 Å². The molecule has 0 spiro atoms. The zero-order chi connectivity index (χ0) is 26.2. The van der Waals surface area contributed by atoms with Crippen molar-refractivity contribution >= 4 is 23.4 Å². The molecule has 2 aromatic carbocycles. The fourth-order valence-corrected chi connectivity index (χ4v) is 5.38. The highest BCUT2D eigenvalue weighted by molar-refractivity contribution is 5.98. The molecule has 198 valence electrons. The maximum Gasteiger partial charge on any atom is 0.247 e. The van der Waals surface area contributed by atoms with Gasteiger partial charge in [-0.1, -0.05) is 36.4 Å². The standard InChI is InChI=1S/C29H39N5O3/c30-16-6-12-25(31)29(37)34-19-24(32-27(35)13-4-9-20-7-2-1-3-8-20)18-26(34)28(36)33-23-15-14-21-10-5-11-22(21)17-23/h1-3,7-8,14-15,17,24-26H,4-6,9-13,16,18-19,30-31H2,(H,32,35)(H,33,36)/t24-,25-,26+/m1/s1. The summed E-state index contributed by atoms with van der Waals surface area (Å²) >= 11 is 0. The Labute approximate surface area is 219 Å². The van der Waals surface area contributed by atoms with Crippen LogP contribution in [-0.4, -0.2) is 53.8 Å². The summed E-state index contributed by atoms with van der Waals surface area (Å²) in [4.78, 5) is 40.8. The first kappa shape index (κ1) is 26.8. The molecule has 8 nitrogen and oxygen atoms in total. The van der Waals surface area contributed by atoms with E-state index in [9.17, 15) is 14.4 Å². The van der Waals surface area contributed by atoms with Crippen LogP contribution in [0.5, 0.6) is 0 Å². The number of nitrogens with zero attached hydrogens (tertiary/aromatic N) is 1. The molecule has 0 bridgehead atoms. The first-order chi connectivity index (χ1) is 17.9. The Morgan fingerprint density at radius 2 is 1.81 bits per heavy atom. The largest absolute Gasteiger partial charge is 0.351 e. The fourth-order valence-electron chi connectivity index (χ4n) is 5.38. The molecule has 2 aromatic rings. The van der Waals surface area contributed by atoms with Crippen LogP contribution in [0, 0.1) is 0 Å². The second-order valence-electron chi connectivity index (χ2n) is 10.2. The zero-order valence-corrected chi connectivity index (χ0v) is 21.5. The van der Waals surface area contributed by atoms with Crippen LogP contribution in [-0.2, 0) is 33.6 Å². The van der Waals surface area contributed by atoms with E-state index in [1.807, 2.05) is 30.3 Å². The molecule has 0 saturated carbocycles. The Bertz CT molecular complexity index is 1090. The average Bonchev–Trinajstić information content (AvgIpc) is 3.54. The highest BCUT2D eigenvalue weighted by Crippen LogP contribution is 2.26. The van der Waals surface area contributed by atoms with Gasteiger partial charge in [-0.3, -0.25) is 14.4 Å². The van der Waals surface area contributed by atoms with Crippen molar-refractivity contribution in [2.75, 3.05) is 18.4 Å². The molecule has 3 amide bonds. The topological polar surface area (TPSA) is 131 Å². The van der Waals surface area contributed by atoms with Gasteiger partial charge in [-0.15, -0.1) is 0 Å². The number of hydrogen-bond acceptors (Lipinski definition) is 5. The summed E-state index contributed by atoms with van der Waals surface area (Å²) in [5, 5.41) is 6.04. The number of nitrogens with one attached hydrogen (secondary N) is 2. The molecule has 4 rings (SSSR count). The Kier molecular flexibility index (Phi) is 9.30. The third-order valence-corrected chi connectivity index (χ3v) is 7.37. The van der Waals surface area contributed by atoms with Gasteiger partial charge in [-0.25, -0.2) is 0 Å². The lowest BCUT2D eigenvalue weighted by molar-refractivity contribution is -0.138. The van der Waals surface area contributed by atoms with Crippen molar-refractivity contribution < 1.29 is 14.4 Å². The molecule has 8 heteroatoms. The molecule has 0 aromatic heterocycles. The minimum atomic E-state index is -0.723. The summed E-state index contributed by atoms with van der Waals surface area (Å²) in [5.74, 6) is -0.595. The second-order valence-corrected chi connectivity index (χ2v) is 10.2. The number of nitrogens with two attached hydrogens (primary N) is 2. The summed E-state index contributed by atoms with van der Waals surface area (Å²) in [7, 11) is 0. The third kappa shape index (κ3) is 7.17. The van der Waals surface area contributed by atoms with Gasteiger partial charge in [0.2, 0.25) is 17.7 Å². The Hall–Kier alpha value is -3.23. The number of fused-ring (bicyclic) bond motifs is 1. The van der Waals surface area contributed by atoms with Crippen molar-refractivity contribution in [2.24, 2.45) is 11.5 Å². The first-order valence-electron chi connectivity index (χ1n) is 13.5. The number of aryl methyl sites for hydroxylation is 3. The molecule has 0 radical (unpaired) electrons. The smallest absolute Gasteiger partial charge is 0.247 e. The summed E-state index contributed by atoms with van der Waals surface area (Å²) in [5.41, 5.74) is 16.3. The summed E-state index contributed by atoms with van der Waals surface area (Å²) in [6.45, 7) is 0.715. The van der Waals surface area contributed by atoms with Crippen molar-refractivity contribution in [3.63, 3.8) is 0 Å². The molecule has 1 aliphatic heterocycles. The second kappa shape index (κ2) is 12.8. The predicted octanol–water partition coefficient (Wildman–Crippen LogP) is 2.29. The number of rotatable bonds is 11. The van der Waals surface area contributed by atoms with Gasteiger partial charge in [0, 0.05) is 24.7 Å². The zero-order valence-electron chi connectivity index (χ0n) is 21.5. The van der Waals surface area contributed by atoms with Crippen LogP contribution < -0.4 is 22.1 Å².